The molecule has 0 saturated carbocycles. The Balaban J connectivity index is 1.93. The van der Waals surface area contributed by atoms with Crippen molar-refractivity contribution in [1.82, 2.24) is 4.31 Å². The van der Waals surface area contributed by atoms with Crippen LogP contribution < -0.4 is 0 Å². The Bertz CT molecular complexity index is 730. The van der Waals surface area contributed by atoms with Gasteiger partial charge >= 0.3 is 0 Å². The minimum absolute atomic E-state index is 0.390. The molecule has 0 atom stereocenters. The van der Waals surface area contributed by atoms with E-state index < -0.39 is 10.0 Å². The zero-order valence-electron chi connectivity index (χ0n) is 12.1. The van der Waals surface area contributed by atoms with Crippen molar-refractivity contribution in [3.05, 3.63) is 54.1 Å². The predicted octanol–water partition coefficient (Wildman–Crippen LogP) is 3.45. The van der Waals surface area contributed by atoms with Gasteiger partial charge in [0.15, 0.2) is 0 Å². The lowest BCUT2D eigenvalue weighted by molar-refractivity contribution is 0.477. The second-order valence-corrected chi connectivity index (χ2v) is 7.39. The van der Waals surface area contributed by atoms with Gasteiger partial charge in [-0.3, -0.25) is 0 Å². The molecule has 1 aliphatic heterocycles. The molecule has 0 radical (unpaired) electrons. The molecule has 4 heteroatoms. The van der Waals surface area contributed by atoms with E-state index in [1.165, 1.54) is 5.56 Å². The summed E-state index contributed by atoms with van der Waals surface area (Å²) in [6.45, 7) is 3.34. The van der Waals surface area contributed by atoms with Gasteiger partial charge in [-0.2, -0.15) is 4.31 Å². The van der Waals surface area contributed by atoms with E-state index >= 15 is 0 Å². The summed E-state index contributed by atoms with van der Waals surface area (Å²) in [5.74, 6) is 0. The van der Waals surface area contributed by atoms with Crippen LogP contribution in [0, 0.1) is 6.92 Å². The van der Waals surface area contributed by atoms with Crippen LogP contribution in [-0.4, -0.2) is 25.8 Å². The highest BCUT2D eigenvalue weighted by Crippen LogP contribution is 2.26. The van der Waals surface area contributed by atoms with Gasteiger partial charge in [0.25, 0.3) is 0 Å². The summed E-state index contributed by atoms with van der Waals surface area (Å²) < 4.78 is 26.5. The molecule has 110 valence electrons. The van der Waals surface area contributed by atoms with Gasteiger partial charge in [0.05, 0.1) is 4.90 Å². The van der Waals surface area contributed by atoms with E-state index in [9.17, 15) is 8.42 Å². The average Bonchev–Trinajstić information content (AvgIpc) is 3.03. The van der Waals surface area contributed by atoms with Gasteiger partial charge in [-0.25, -0.2) is 8.42 Å². The summed E-state index contributed by atoms with van der Waals surface area (Å²) in [4.78, 5) is 0.390. The molecular formula is C17H19NO2S. The standard InChI is InChI=1S/C17H19NO2S/c1-14-6-2-3-7-17(14)15-8-10-16(11-9-15)21(19,20)18-12-4-5-13-18/h2-3,6-11H,4-5,12-13H2,1H3. The largest absolute Gasteiger partial charge is 0.243 e. The summed E-state index contributed by atoms with van der Waals surface area (Å²) in [7, 11) is -3.31. The molecule has 0 aromatic heterocycles. The highest BCUT2D eigenvalue weighted by molar-refractivity contribution is 7.89. The lowest BCUT2D eigenvalue weighted by Gasteiger charge is -2.15. The van der Waals surface area contributed by atoms with E-state index in [1.807, 2.05) is 24.3 Å². The molecule has 3 nitrogen and oxygen atoms in total. The monoisotopic (exact) mass is 301 g/mol. The quantitative estimate of drug-likeness (QED) is 0.871. The zero-order chi connectivity index (χ0) is 14.9. The molecule has 0 bridgehead atoms. The van der Waals surface area contributed by atoms with Crippen molar-refractivity contribution in [2.45, 2.75) is 24.7 Å². The normalized spacial score (nSPS) is 16.2. The van der Waals surface area contributed by atoms with Crippen molar-refractivity contribution >= 4 is 10.0 Å². The number of rotatable bonds is 3. The number of aryl methyl sites for hydroxylation is 1. The van der Waals surface area contributed by atoms with Crippen LogP contribution in [-0.2, 0) is 10.0 Å². The molecule has 1 aliphatic rings. The Morgan fingerprint density at radius 2 is 1.52 bits per heavy atom. The molecular weight excluding hydrogens is 282 g/mol. The molecule has 2 aromatic carbocycles. The van der Waals surface area contributed by atoms with Crippen molar-refractivity contribution in [2.75, 3.05) is 13.1 Å². The highest BCUT2D eigenvalue weighted by atomic mass is 32.2. The van der Waals surface area contributed by atoms with Gasteiger partial charge in [-0.05, 0) is 48.6 Å². The van der Waals surface area contributed by atoms with E-state index in [4.69, 9.17) is 0 Å². The van der Waals surface area contributed by atoms with Crippen LogP contribution in [0.5, 0.6) is 0 Å². The van der Waals surface area contributed by atoms with Crippen molar-refractivity contribution in [1.29, 1.82) is 0 Å². The summed E-state index contributed by atoms with van der Waals surface area (Å²) in [6.07, 6.45) is 1.92. The fraction of sp³-hybridized carbons (Fsp3) is 0.294. The van der Waals surface area contributed by atoms with Crippen LogP contribution in [0.15, 0.2) is 53.4 Å². The lowest BCUT2D eigenvalue weighted by Crippen LogP contribution is -2.27. The van der Waals surface area contributed by atoms with Gasteiger partial charge in [-0.15, -0.1) is 0 Å². The van der Waals surface area contributed by atoms with Crippen LogP contribution in [0.25, 0.3) is 11.1 Å². The van der Waals surface area contributed by atoms with E-state index in [-0.39, 0.29) is 0 Å². The molecule has 1 fully saturated rings. The molecule has 1 heterocycles. The maximum atomic E-state index is 12.5. The van der Waals surface area contributed by atoms with Crippen LogP contribution in [0.3, 0.4) is 0 Å². The Morgan fingerprint density at radius 3 is 2.14 bits per heavy atom. The highest BCUT2D eigenvalue weighted by Gasteiger charge is 2.26. The molecule has 0 aliphatic carbocycles. The van der Waals surface area contributed by atoms with Gasteiger partial charge in [0.1, 0.15) is 0 Å². The Labute approximate surface area is 126 Å². The fourth-order valence-corrected chi connectivity index (χ4v) is 4.30. The van der Waals surface area contributed by atoms with Crippen LogP contribution >= 0.6 is 0 Å². The first-order valence-corrected chi connectivity index (χ1v) is 8.69. The second kappa shape index (κ2) is 5.62. The SMILES string of the molecule is Cc1ccccc1-c1ccc(S(=O)(=O)N2CCCC2)cc1. The molecule has 0 spiro atoms. The Kier molecular flexibility index (Phi) is 3.83. The topological polar surface area (TPSA) is 37.4 Å². The molecule has 21 heavy (non-hydrogen) atoms. The van der Waals surface area contributed by atoms with Crippen LogP contribution in [0.2, 0.25) is 0 Å². The maximum absolute atomic E-state index is 12.5. The Hall–Kier alpha value is -1.65. The van der Waals surface area contributed by atoms with E-state index in [1.54, 1.807) is 16.4 Å². The van der Waals surface area contributed by atoms with Gasteiger partial charge < -0.3 is 0 Å². The first-order valence-electron chi connectivity index (χ1n) is 7.25. The molecule has 1 saturated heterocycles. The Morgan fingerprint density at radius 1 is 0.905 bits per heavy atom. The summed E-state index contributed by atoms with van der Waals surface area (Å²) >= 11 is 0. The number of hydrogen-bond acceptors (Lipinski definition) is 2. The summed E-state index contributed by atoms with van der Waals surface area (Å²) in [5.41, 5.74) is 3.38. The van der Waals surface area contributed by atoms with Gasteiger partial charge in [0.2, 0.25) is 10.0 Å². The number of nitrogens with zero attached hydrogens (tertiary/aromatic N) is 1. The lowest BCUT2D eigenvalue weighted by atomic mass is 10.0. The molecule has 3 rings (SSSR count). The third-order valence-electron chi connectivity index (χ3n) is 4.01. The van der Waals surface area contributed by atoms with Crippen molar-refractivity contribution < 1.29 is 8.42 Å². The smallest absolute Gasteiger partial charge is 0.207 e. The fourth-order valence-electron chi connectivity index (χ4n) is 2.78. The minimum atomic E-state index is -3.31. The third kappa shape index (κ3) is 2.74. The zero-order valence-corrected chi connectivity index (χ0v) is 12.9. The van der Waals surface area contributed by atoms with Gasteiger partial charge in [0, 0.05) is 13.1 Å². The number of sulfonamides is 1. The van der Waals surface area contributed by atoms with Crippen molar-refractivity contribution in [3.63, 3.8) is 0 Å². The minimum Gasteiger partial charge on any atom is -0.207 e. The van der Waals surface area contributed by atoms with E-state index in [0.717, 1.165) is 24.0 Å². The molecule has 0 unspecified atom stereocenters. The first kappa shape index (κ1) is 14.3. The van der Waals surface area contributed by atoms with Gasteiger partial charge in [-0.1, -0.05) is 36.4 Å². The molecule has 0 N–H and O–H groups in total. The second-order valence-electron chi connectivity index (χ2n) is 5.45. The molecule has 0 amide bonds. The molecule has 2 aromatic rings. The number of benzene rings is 2. The number of hydrogen-bond donors (Lipinski definition) is 0. The van der Waals surface area contributed by atoms with E-state index in [0.29, 0.717) is 18.0 Å². The van der Waals surface area contributed by atoms with Crippen LogP contribution in [0.1, 0.15) is 18.4 Å². The van der Waals surface area contributed by atoms with Crippen molar-refractivity contribution in [2.24, 2.45) is 0 Å². The average molecular weight is 301 g/mol. The van der Waals surface area contributed by atoms with Crippen LogP contribution in [0.4, 0.5) is 0 Å². The maximum Gasteiger partial charge on any atom is 0.243 e. The van der Waals surface area contributed by atoms with E-state index in [2.05, 4.69) is 19.1 Å². The predicted molar refractivity (Wildman–Crippen MR) is 84.6 cm³/mol. The first-order chi connectivity index (χ1) is 10.1. The van der Waals surface area contributed by atoms with Crippen molar-refractivity contribution in [3.8, 4) is 11.1 Å². The summed E-state index contributed by atoms with van der Waals surface area (Å²) in [6, 6.07) is 15.3. The summed E-state index contributed by atoms with van der Waals surface area (Å²) in [5, 5.41) is 0. The third-order valence-corrected chi connectivity index (χ3v) is 5.93.